The molecule has 0 amide bonds. The molecule has 0 atom stereocenters. The maximum Gasteiger partial charge on any atom is 2.00 e. The van der Waals surface area contributed by atoms with Crippen molar-refractivity contribution < 1.29 is 84.1 Å². The molecule has 11 aromatic rings. The van der Waals surface area contributed by atoms with Crippen LogP contribution in [0.25, 0.3) is 44.5 Å². The molecule has 0 bridgehead atoms. The van der Waals surface area contributed by atoms with E-state index in [1.54, 1.807) is 149 Å². The Morgan fingerprint density at radius 2 is 0.804 bits per heavy atom. The molecule has 5 aromatic carbocycles. The van der Waals surface area contributed by atoms with E-state index in [9.17, 15) is 0 Å². The number of hydrogen-bond donors (Lipinski definition) is 3. The molecule has 6 aromatic heterocycles. The molecule has 34 heteroatoms. The van der Waals surface area contributed by atoms with Crippen LogP contribution >= 0.6 is 133 Å². The third-order valence-electron chi connectivity index (χ3n) is 11.9. The zero-order chi connectivity index (χ0) is 82.9. The maximum absolute atomic E-state index is 8.52. The van der Waals surface area contributed by atoms with Crippen LogP contribution in [0.4, 0.5) is 0 Å². The van der Waals surface area contributed by atoms with Crippen LogP contribution in [0.3, 0.4) is 0 Å². The summed E-state index contributed by atoms with van der Waals surface area (Å²) in [7, 11) is 8.21. The molecule has 0 aliphatic heterocycles. The Bertz CT molecular complexity index is 4550. The molecule has 0 aliphatic rings. The van der Waals surface area contributed by atoms with Gasteiger partial charge in [0.15, 0.2) is 0 Å². The van der Waals surface area contributed by atoms with E-state index in [0.717, 1.165) is 120 Å². The summed E-state index contributed by atoms with van der Waals surface area (Å²) in [4.78, 5) is 89.1. The number of isocyanates is 2. The van der Waals surface area contributed by atoms with E-state index in [4.69, 9.17) is 148 Å². The van der Waals surface area contributed by atoms with Crippen molar-refractivity contribution in [3.05, 3.63) is 273 Å². The van der Waals surface area contributed by atoms with Gasteiger partial charge in [-0.05, 0) is 180 Å². The molecule has 0 unspecified atom stereocenters. The molecule has 11 rings (SSSR count). The Hall–Kier alpha value is -8.23. The van der Waals surface area contributed by atoms with E-state index in [1.165, 1.54) is 0 Å². The summed E-state index contributed by atoms with van der Waals surface area (Å²) in [5.74, 6) is 4.02. The average Bonchev–Trinajstić information content (AvgIpc) is 0.809. The summed E-state index contributed by atoms with van der Waals surface area (Å²) in [6, 6.07) is 42.9. The van der Waals surface area contributed by atoms with Crippen molar-refractivity contribution in [3.8, 4) is 73.3 Å². The second kappa shape index (κ2) is 67.3. The Labute approximate surface area is 740 Å². The van der Waals surface area contributed by atoms with Crippen LogP contribution in [0.2, 0.25) is 30.1 Å². The first-order valence-corrected chi connectivity index (χ1v) is 35.5. The van der Waals surface area contributed by atoms with Crippen molar-refractivity contribution in [1.82, 2.24) is 29.9 Å². The van der Waals surface area contributed by atoms with Gasteiger partial charge in [-0.1, -0.05) is 133 Å². The van der Waals surface area contributed by atoms with Crippen LogP contribution in [-0.2, 0) is 38.4 Å². The first-order valence-electron chi connectivity index (χ1n) is 30.1. The van der Waals surface area contributed by atoms with E-state index in [0.29, 0.717) is 30.1 Å². The third-order valence-corrected chi connectivity index (χ3v) is 16.0. The van der Waals surface area contributed by atoms with Gasteiger partial charge in [0.1, 0.15) is 23.0 Å². The molecule has 588 valence electrons. The molecule has 3 N–H and O–H groups in total. The SMILES string of the molecule is C.CC(C)(C)O.COc1c[c-]ccc1.COc1cc(-c2c(C)cncc2Cl)c(Br)cc1Br.COc1cc(-c2ccncc2Cl)c(Br)cc1Br.COc1cccc(-c2c(C)cncc2Cl)c1.COc1cccc(-c2ccncc2Cl)c1.Cc1cncc(Cl)c1.Clc1cccnc1.N=C=O.N=C=O.O=C=O.O=C=O.O=C=O.[Br-].[Mg+2]. The van der Waals surface area contributed by atoms with Crippen LogP contribution in [0.15, 0.2) is 220 Å². The summed E-state index contributed by atoms with van der Waals surface area (Å²) < 4.78 is 29.5. The fraction of sp³-hybridized carbons (Fsp3) is 0.167. The standard InChI is InChI=1S/C13H10Br2ClNO.C13H12ClNO.C12H8Br2ClNO.C12H10ClNO.C7H7O.C6H6ClN.C5H4ClN.C4H10O.2CHNO.3CO2.CH4.BrH.Mg/c1-7-5-17-6-11(16)13(7)8-3-12(18-2)10(15)4-9(8)14;1-9-7-15-8-12(14)13(9)10-4-3-5-11(6-10)16-2;1-17-12-4-8(9(13)5-10(12)14)7-2-3-16-6-11(7)15;1-15-10-4-2-3-9(7-10)11-5-6-14-8-12(11)13;1-8-7-5-3-2-4-6-7;1-5-2-6(7)4-8-3-5;6-5-2-1-3-7-4-5;1-4(2,3)5;5*2-1-3;;;/h3-6H,1-2H3;3-8H,1-2H3;2-6H,1H3;2-8H,1H3;2-3,5-6H,1H3;2-4H,1H3;1-4H;5H,1-3H3;2*2H;;;;1H4;1H;/q;;;;-1;;;;;;;;;;;+2/p-1. The quantitative estimate of drug-likeness (QED) is 0.0523. The van der Waals surface area contributed by atoms with Crippen molar-refractivity contribution in [2.75, 3.05) is 35.5 Å². The number of aryl methyl sites for hydroxylation is 3. The third kappa shape index (κ3) is 48.6. The number of carbonyl (C=O) groups excluding carboxylic acids is 8. The number of nitrogens with zero attached hydrogens (tertiary/aromatic N) is 6. The van der Waals surface area contributed by atoms with Gasteiger partial charge >= 0.3 is 41.5 Å². The average molecular weight is 1980 g/mol. The van der Waals surface area contributed by atoms with E-state index in [-0.39, 0.29) is 65.9 Å². The fourth-order valence-electron chi connectivity index (χ4n) is 7.68. The van der Waals surface area contributed by atoms with Gasteiger partial charge in [-0.25, -0.2) is 20.4 Å². The van der Waals surface area contributed by atoms with Gasteiger partial charge in [0.05, 0.1) is 80.2 Å². The predicted octanol–water partition coefficient (Wildman–Crippen LogP) is 18.7. The van der Waals surface area contributed by atoms with Gasteiger partial charge < -0.3 is 45.8 Å². The summed E-state index contributed by atoms with van der Waals surface area (Å²) in [5, 5.41) is 23.2. The molecule has 0 aliphatic carbocycles. The molecule has 6 heterocycles. The number of hydrogen-bond acceptors (Lipinski definition) is 22. The molecule has 0 fully saturated rings. The summed E-state index contributed by atoms with van der Waals surface area (Å²) in [6.07, 6.45) is 22.5. The number of halogens is 11. The number of rotatable bonds is 9. The molecule has 0 saturated heterocycles. The second-order valence-corrected chi connectivity index (χ2v) is 26.6. The van der Waals surface area contributed by atoms with E-state index in [1.807, 2.05) is 130 Å². The Morgan fingerprint density at radius 1 is 0.420 bits per heavy atom. The predicted molar refractivity (Wildman–Crippen MR) is 447 cm³/mol. The van der Waals surface area contributed by atoms with Gasteiger partial charge in [-0.2, -0.15) is 47.0 Å². The van der Waals surface area contributed by atoms with Crippen LogP contribution < -0.4 is 40.7 Å². The van der Waals surface area contributed by atoms with Crippen molar-refractivity contribution in [2.24, 2.45) is 0 Å². The molecule has 112 heavy (non-hydrogen) atoms. The monoisotopic (exact) mass is 1970 g/mol. The Morgan fingerprint density at radius 3 is 1.16 bits per heavy atom. The number of pyridine rings is 6. The zero-order valence-corrected chi connectivity index (χ0v) is 74.7. The minimum absolute atomic E-state index is 0. The minimum Gasteiger partial charge on any atom is -1.00 e. The Balaban J connectivity index is -0.000000386. The first kappa shape index (κ1) is 112. The number of ether oxygens (including phenoxy) is 5. The van der Waals surface area contributed by atoms with Crippen molar-refractivity contribution in [3.63, 3.8) is 0 Å². The molecular weight excluding hydrogens is 1910 g/mol. The first-order chi connectivity index (χ1) is 51.9. The van der Waals surface area contributed by atoms with Crippen LogP contribution in [0.1, 0.15) is 44.9 Å². The number of aromatic nitrogens is 6. The fourth-order valence-corrected chi connectivity index (χ4v) is 11.8. The molecule has 0 radical (unpaired) electrons. The number of nitrogens with one attached hydrogen (secondary N) is 2. The summed E-state index contributed by atoms with van der Waals surface area (Å²) >= 11 is 49.6. The molecular formula is C78H73Br5Cl6MgN8O14. The van der Waals surface area contributed by atoms with Crippen LogP contribution in [0.5, 0.6) is 28.7 Å². The van der Waals surface area contributed by atoms with Gasteiger partial charge in [0.25, 0.3) is 0 Å². The maximum atomic E-state index is 8.52. The zero-order valence-electron chi connectivity index (χ0n) is 60.9. The number of aliphatic hydroxyl groups is 1. The largest absolute Gasteiger partial charge is 2.00 e. The van der Waals surface area contributed by atoms with E-state index < -0.39 is 5.60 Å². The molecule has 22 nitrogen and oxygen atoms in total. The van der Waals surface area contributed by atoms with Gasteiger partial charge in [-0.3, -0.25) is 29.9 Å². The van der Waals surface area contributed by atoms with Crippen LogP contribution in [-0.4, -0.2) is 130 Å². The number of methoxy groups -OCH3 is 5. The van der Waals surface area contributed by atoms with Gasteiger partial charge in [0, 0.05) is 122 Å². The normalized spacial score (nSPS) is 8.77. The van der Waals surface area contributed by atoms with Crippen molar-refractivity contribution in [1.29, 1.82) is 10.8 Å². The molecule has 0 spiro atoms. The van der Waals surface area contributed by atoms with Gasteiger partial charge in [-0.15, -0.1) is 12.1 Å². The second-order valence-electron chi connectivity index (χ2n) is 20.7. The number of benzene rings is 5. The van der Waals surface area contributed by atoms with E-state index >= 15 is 0 Å². The topological polar surface area (TPSA) is 328 Å². The van der Waals surface area contributed by atoms with E-state index in [2.05, 4.69) is 99.7 Å². The minimum atomic E-state index is -0.500. The molecule has 0 saturated carbocycles. The van der Waals surface area contributed by atoms with Crippen molar-refractivity contribution in [2.45, 2.75) is 54.6 Å². The van der Waals surface area contributed by atoms with Crippen molar-refractivity contribution >= 4 is 187 Å². The van der Waals surface area contributed by atoms with Crippen LogP contribution in [0, 0.1) is 37.7 Å². The summed E-state index contributed by atoms with van der Waals surface area (Å²) in [5.41, 5.74) is 10.6. The summed E-state index contributed by atoms with van der Waals surface area (Å²) in [6.45, 7) is 11.2. The smallest absolute Gasteiger partial charge is 1.00 e. The van der Waals surface area contributed by atoms with Gasteiger partial charge in [0.2, 0.25) is 12.2 Å². The Kier molecular flexibility index (Phi) is 67.5.